The molecule has 0 fully saturated rings. The summed E-state index contributed by atoms with van der Waals surface area (Å²) in [6, 6.07) is 13.8. The maximum absolute atomic E-state index is 14.2. The second kappa shape index (κ2) is 8.05. The molecule has 0 aliphatic rings. The highest BCUT2D eigenvalue weighted by atomic mass is 35.5. The second-order valence-corrected chi connectivity index (χ2v) is 7.81. The fourth-order valence-corrected chi connectivity index (χ4v) is 4.05. The maximum Gasteiger partial charge on any atom is 0.148 e. The van der Waals surface area contributed by atoms with Crippen LogP contribution in [0.3, 0.4) is 0 Å². The zero-order chi connectivity index (χ0) is 22.2. The van der Waals surface area contributed by atoms with Crippen LogP contribution in [0.4, 0.5) is 10.2 Å². The first-order valence-corrected chi connectivity index (χ1v) is 10.5. The predicted molar refractivity (Wildman–Crippen MR) is 122 cm³/mol. The van der Waals surface area contributed by atoms with Gasteiger partial charge in [0.2, 0.25) is 0 Å². The first kappa shape index (κ1) is 20.1. The van der Waals surface area contributed by atoms with Gasteiger partial charge in [-0.2, -0.15) is 0 Å². The minimum Gasteiger partial charge on any atom is -0.383 e. The van der Waals surface area contributed by atoms with Crippen LogP contribution in [0.15, 0.2) is 67.3 Å². The number of benzene rings is 2. The Bertz CT molecular complexity index is 1410. The van der Waals surface area contributed by atoms with E-state index in [9.17, 15) is 4.39 Å². The van der Waals surface area contributed by atoms with Gasteiger partial charge in [-0.1, -0.05) is 48.0 Å². The molecule has 5 aromatic rings. The molecule has 0 amide bonds. The van der Waals surface area contributed by atoms with Gasteiger partial charge >= 0.3 is 0 Å². The average Bonchev–Trinajstić information content (AvgIpc) is 3.42. The zero-order valence-corrected chi connectivity index (χ0v) is 17.9. The Balaban J connectivity index is 1.65. The van der Waals surface area contributed by atoms with Gasteiger partial charge in [0, 0.05) is 16.8 Å². The largest absolute Gasteiger partial charge is 0.383 e. The van der Waals surface area contributed by atoms with Crippen LogP contribution in [0.25, 0.3) is 27.8 Å². The molecule has 9 heteroatoms. The Hall–Kier alpha value is -3.78. The van der Waals surface area contributed by atoms with Gasteiger partial charge in [0.25, 0.3) is 0 Å². The number of hydrogen-bond donors (Lipinski definition) is 1. The number of nitrogen functional groups attached to an aromatic ring is 1. The molecule has 5 rings (SSSR count). The maximum atomic E-state index is 14.2. The van der Waals surface area contributed by atoms with Gasteiger partial charge in [0.15, 0.2) is 0 Å². The van der Waals surface area contributed by atoms with E-state index in [2.05, 4.69) is 20.3 Å². The molecule has 0 spiro atoms. The standard InChI is InChI=1S/C23H19ClFN7/c1-2-19(18-12-32(30-29-18)20-6-4-3-5-17(20)25)31-11-16(14-7-9-15(24)10-8-14)21-22(26)27-13-28-23(21)31/h3-13,19H,2H2,1H3,(H2,26,27,28)/t19-/m0/s1. The first-order chi connectivity index (χ1) is 15.6. The quantitative estimate of drug-likeness (QED) is 0.407. The van der Waals surface area contributed by atoms with E-state index in [0.717, 1.165) is 16.5 Å². The Kier molecular flexibility index (Phi) is 5.07. The molecule has 0 radical (unpaired) electrons. The highest BCUT2D eigenvalue weighted by molar-refractivity contribution is 6.30. The second-order valence-electron chi connectivity index (χ2n) is 7.38. The van der Waals surface area contributed by atoms with Gasteiger partial charge in [-0.3, -0.25) is 0 Å². The molecule has 7 nitrogen and oxygen atoms in total. The molecule has 0 aliphatic carbocycles. The minimum absolute atomic E-state index is 0.187. The van der Waals surface area contributed by atoms with Gasteiger partial charge < -0.3 is 10.3 Å². The van der Waals surface area contributed by atoms with E-state index < -0.39 is 0 Å². The summed E-state index contributed by atoms with van der Waals surface area (Å²) >= 11 is 6.07. The lowest BCUT2D eigenvalue weighted by Gasteiger charge is -2.15. The first-order valence-electron chi connectivity index (χ1n) is 10.1. The van der Waals surface area contributed by atoms with Crippen LogP contribution in [0.5, 0.6) is 0 Å². The van der Waals surface area contributed by atoms with Crippen molar-refractivity contribution in [2.24, 2.45) is 0 Å². The SMILES string of the molecule is CC[C@@H](c1cn(-c2ccccc2F)nn1)n1cc(-c2ccc(Cl)cc2)c2c(N)ncnc21. The lowest BCUT2D eigenvalue weighted by atomic mass is 10.1. The van der Waals surface area contributed by atoms with Crippen LogP contribution < -0.4 is 5.73 Å². The van der Waals surface area contributed by atoms with Crippen LogP contribution in [-0.4, -0.2) is 29.5 Å². The number of halogens is 2. The molecule has 0 saturated carbocycles. The third kappa shape index (κ3) is 3.38. The molecule has 0 unspecified atom stereocenters. The smallest absolute Gasteiger partial charge is 0.148 e. The van der Waals surface area contributed by atoms with Gasteiger partial charge in [-0.15, -0.1) is 5.10 Å². The van der Waals surface area contributed by atoms with Crippen molar-refractivity contribution < 1.29 is 4.39 Å². The van der Waals surface area contributed by atoms with E-state index >= 15 is 0 Å². The lowest BCUT2D eigenvalue weighted by molar-refractivity contribution is 0.564. The number of aromatic nitrogens is 6. The highest BCUT2D eigenvalue weighted by Gasteiger charge is 2.23. The number of nitrogens with zero attached hydrogens (tertiary/aromatic N) is 6. The van der Waals surface area contributed by atoms with Crippen LogP contribution in [0.1, 0.15) is 25.1 Å². The molecule has 3 heterocycles. The van der Waals surface area contributed by atoms with Crippen molar-refractivity contribution in [2.75, 3.05) is 5.73 Å². The molecule has 32 heavy (non-hydrogen) atoms. The van der Waals surface area contributed by atoms with Crippen LogP contribution in [0.2, 0.25) is 5.02 Å². The number of nitrogens with two attached hydrogens (primary N) is 1. The predicted octanol–water partition coefficient (Wildman–Crippen LogP) is 5.05. The van der Waals surface area contributed by atoms with Crippen LogP contribution >= 0.6 is 11.6 Å². The van der Waals surface area contributed by atoms with Crippen molar-refractivity contribution >= 4 is 28.5 Å². The van der Waals surface area contributed by atoms with Crippen molar-refractivity contribution in [2.45, 2.75) is 19.4 Å². The Morgan fingerprint density at radius 1 is 1.06 bits per heavy atom. The monoisotopic (exact) mass is 447 g/mol. The molecule has 1 atom stereocenters. The summed E-state index contributed by atoms with van der Waals surface area (Å²) in [7, 11) is 0. The molecule has 0 aliphatic heterocycles. The molecule has 160 valence electrons. The van der Waals surface area contributed by atoms with E-state index in [1.54, 1.807) is 24.4 Å². The van der Waals surface area contributed by atoms with E-state index in [1.165, 1.54) is 17.1 Å². The summed E-state index contributed by atoms with van der Waals surface area (Å²) in [4.78, 5) is 8.70. The summed E-state index contributed by atoms with van der Waals surface area (Å²) < 4.78 is 17.7. The number of anilines is 1. The molecular formula is C23H19ClFN7. The van der Waals surface area contributed by atoms with Crippen LogP contribution in [-0.2, 0) is 0 Å². The van der Waals surface area contributed by atoms with Crippen molar-refractivity contribution in [3.05, 3.63) is 83.8 Å². The van der Waals surface area contributed by atoms with E-state index in [4.69, 9.17) is 17.3 Å². The van der Waals surface area contributed by atoms with Gasteiger partial charge in [0.05, 0.1) is 17.6 Å². The number of rotatable bonds is 5. The van der Waals surface area contributed by atoms with Gasteiger partial charge in [-0.05, 0) is 36.2 Å². The summed E-state index contributed by atoms with van der Waals surface area (Å²) in [5, 5.41) is 9.90. The Morgan fingerprint density at radius 2 is 1.84 bits per heavy atom. The Morgan fingerprint density at radius 3 is 2.59 bits per heavy atom. The van der Waals surface area contributed by atoms with Gasteiger partial charge in [0.1, 0.15) is 35.0 Å². The van der Waals surface area contributed by atoms with Crippen molar-refractivity contribution in [1.82, 2.24) is 29.5 Å². The third-order valence-electron chi connectivity index (χ3n) is 5.47. The van der Waals surface area contributed by atoms with E-state index in [-0.39, 0.29) is 11.9 Å². The average molecular weight is 448 g/mol. The Labute approximate surface area is 188 Å². The summed E-state index contributed by atoms with van der Waals surface area (Å²) in [5.41, 5.74) is 9.81. The van der Waals surface area contributed by atoms with Crippen LogP contribution in [0, 0.1) is 5.82 Å². The van der Waals surface area contributed by atoms with E-state index in [1.807, 2.05) is 42.0 Å². The zero-order valence-electron chi connectivity index (χ0n) is 17.2. The molecule has 2 aromatic carbocycles. The van der Waals surface area contributed by atoms with E-state index in [0.29, 0.717) is 34.3 Å². The fraction of sp³-hybridized carbons (Fsp3) is 0.130. The fourth-order valence-electron chi connectivity index (χ4n) is 3.93. The molecule has 0 saturated heterocycles. The molecular weight excluding hydrogens is 429 g/mol. The number of hydrogen-bond acceptors (Lipinski definition) is 5. The topological polar surface area (TPSA) is 87.4 Å². The third-order valence-corrected chi connectivity index (χ3v) is 5.72. The molecule has 2 N–H and O–H groups in total. The summed E-state index contributed by atoms with van der Waals surface area (Å²) in [5.74, 6) is 0.0255. The normalized spacial score (nSPS) is 12.3. The molecule has 3 aromatic heterocycles. The highest BCUT2D eigenvalue weighted by Crippen LogP contribution is 2.36. The minimum atomic E-state index is -0.367. The summed E-state index contributed by atoms with van der Waals surface area (Å²) in [6.07, 6.45) is 5.90. The van der Waals surface area contributed by atoms with Gasteiger partial charge in [-0.25, -0.2) is 19.0 Å². The molecule has 0 bridgehead atoms. The van der Waals surface area contributed by atoms with Crippen molar-refractivity contribution in [3.8, 4) is 16.8 Å². The van der Waals surface area contributed by atoms with Crippen molar-refractivity contribution in [1.29, 1.82) is 0 Å². The van der Waals surface area contributed by atoms with Crippen molar-refractivity contribution in [3.63, 3.8) is 0 Å². The lowest BCUT2D eigenvalue weighted by Crippen LogP contribution is -2.10. The number of fused-ring (bicyclic) bond motifs is 1. The number of para-hydroxylation sites is 1. The summed E-state index contributed by atoms with van der Waals surface area (Å²) in [6.45, 7) is 2.05.